The quantitative estimate of drug-likeness (QED) is 0.298. The molecule has 0 saturated carbocycles. The van der Waals surface area contributed by atoms with Crippen LogP contribution < -0.4 is 20.1 Å². The van der Waals surface area contributed by atoms with Crippen LogP contribution >= 0.6 is 0 Å². The number of benzene rings is 2. The van der Waals surface area contributed by atoms with Gasteiger partial charge in [0.05, 0.1) is 27.4 Å². The minimum absolute atomic E-state index is 0.176. The Morgan fingerprint density at radius 2 is 1.82 bits per heavy atom. The van der Waals surface area contributed by atoms with Crippen LogP contribution in [0.15, 0.2) is 54.4 Å². The molecule has 202 valence electrons. The van der Waals surface area contributed by atoms with E-state index in [1.165, 1.54) is 14.2 Å². The van der Waals surface area contributed by atoms with Crippen LogP contribution in [0.25, 0.3) is 17.0 Å². The van der Waals surface area contributed by atoms with Gasteiger partial charge in [-0.15, -0.1) is 0 Å². The van der Waals surface area contributed by atoms with Crippen molar-refractivity contribution in [3.05, 3.63) is 65.5 Å². The van der Waals surface area contributed by atoms with Gasteiger partial charge in [0.2, 0.25) is 0 Å². The zero-order valence-corrected chi connectivity index (χ0v) is 22.3. The second kappa shape index (κ2) is 13.1. The minimum Gasteiger partial charge on any atom is -0.493 e. The molecular formula is C29H36N4O5. The maximum atomic E-state index is 13.3. The van der Waals surface area contributed by atoms with Gasteiger partial charge in [-0.3, -0.25) is 14.5 Å². The summed E-state index contributed by atoms with van der Waals surface area (Å²) in [6.45, 7) is 7.53. The van der Waals surface area contributed by atoms with Gasteiger partial charge in [0.1, 0.15) is 5.70 Å². The standard InChI is InChI=1S/C29H36N4O5/c1-4-33-20-22(23-8-5-6-9-25(23)33)18-24(29(35)30-12-7-13-32-14-16-38-17-15-32)31-28(34)21-10-11-26(36-2)27(19-21)37-3/h5-6,8-11,18-20H,4,7,12-17H2,1-3H3,(H,30,35)(H,31,34). The first-order valence-corrected chi connectivity index (χ1v) is 12.9. The van der Waals surface area contributed by atoms with Gasteiger partial charge in [-0.1, -0.05) is 18.2 Å². The molecule has 0 atom stereocenters. The Morgan fingerprint density at radius 1 is 1.05 bits per heavy atom. The monoisotopic (exact) mass is 520 g/mol. The van der Waals surface area contributed by atoms with E-state index in [1.54, 1.807) is 24.3 Å². The van der Waals surface area contributed by atoms with Gasteiger partial charge in [-0.05, 0) is 50.2 Å². The molecule has 2 amide bonds. The fraction of sp³-hybridized carbons (Fsp3) is 0.379. The number of fused-ring (bicyclic) bond motifs is 1. The van der Waals surface area contributed by atoms with Gasteiger partial charge in [0.25, 0.3) is 11.8 Å². The summed E-state index contributed by atoms with van der Waals surface area (Å²) < 4.78 is 18.1. The predicted octanol–water partition coefficient (Wildman–Crippen LogP) is 3.29. The lowest BCUT2D eigenvalue weighted by molar-refractivity contribution is -0.117. The molecule has 0 unspecified atom stereocenters. The lowest BCUT2D eigenvalue weighted by Gasteiger charge is -2.26. The number of amides is 2. The lowest BCUT2D eigenvalue weighted by Crippen LogP contribution is -2.39. The van der Waals surface area contributed by atoms with E-state index in [2.05, 4.69) is 27.0 Å². The van der Waals surface area contributed by atoms with Crippen molar-refractivity contribution in [1.82, 2.24) is 20.1 Å². The SMILES string of the molecule is CCn1cc(C=C(NC(=O)c2ccc(OC)c(OC)c2)C(=O)NCCCN2CCOCC2)c2ccccc21. The highest BCUT2D eigenvalue weighted by Crippen LogP contribution is 2.28. The van der Waals surface area contributed by atoms with Gasteiger partial charge in [0, 0.05) is 54.4 Å². The highest BCUT2D eigenvalue weighted by Gasteiger charge is 2.18. The van der Waals surface area contributed by atoms with Gasteiger partial charge < -0.3 is 29.4 Å². The summed E-state index contributed by atoms with van der Waals surface area (Å²) in [6.07, 6.45) is 4.54. The first-order valence-electron chi connectivity index (χ1n) is 12.9. The highest BCUT2D eigenvalue weighted by atomic mass is 16.5. The molecule has 9 nitrogen and oxygen atoms in total. The van der Waals surface area contributed by atoms with Crippen molar-refractivity contribution in [3.63, 3.8) is 0 Å². The normalized spacial score (nSPS) is 14.3. The number of morpholine rings is 1. The van der Waals surface area contributed by atoms with E-state index in [0.717, 1.165) is 62.3 Å². The molecule has 1 saturated heterocycles. The Morgan fingerprint density at radius 3 is 2.55 bits per heavy atom. The molecule has 1 fully saturated rings. The first kappa shape index (κ1) is 27.2. The Kier molecular flexibility index (Phi) is 9.40. The van der Waals surface area contributed by atoms with Crippen molar-refractivity contribution in [2.24, 2.45) is 0 Å². The molecule has 2 heterocycles. The number of hydrogen-bond acceptors (Lipinski definition) is 6. The summed E-state index contributed by atoms with van der Waals surface area (Å²) >= 11 is 0. The zero-order chi connectivity index (χ0) is 26.9. The molecule has 9 heteroatoms. The first-order chi connectivity index (χ1) is 18.5. The van der Waals surface area contributed by atoms with E-state index in [1.807, 2.05) is 30.5 Å². The third kappa shape index (κ3) is 6.54. The van der Waals surface area contributed by atoms with Crippen LogP contribution in [0.2, 0.25) is 0 Å². The van der Waals surface area contributed by atoms with Crippen molar-refractivity contribution >= 4 is 28.8 Å². The highest BCUT2D eigenvalue weighted by molar-refractivity contribution is 6.06. The van der Waals surface area contributed by atoms with Crippen LogP contribution in [-0.4, -0.2) is 74.9 Å². The lowest BCUT2D eigenvalue weighted by atomic mass is 10.1. The van der Waals surface area contributed by atoms with E-state index in [-0.39, 0.29) is 11.6 Å². The number of carbonyl (C=O) groups excluding carboxylic acids is 2. The van der Waals surface area contributed by atoms with E-state index < -0.39 is 5.91 Å². The number of nitrogens with zero attached hydrogens (tertiary/aromatic N) is 2. The Hall–Kier alpha value is -3.82. The fourth-order valence-corrected chi connectivity index (χ4v) is 4.56. The summed E-state index contributed by atoms with van der Waals surface area (Å²) in [7, 11) is 3.05. The molecule has 38 heavy (non-hydrogen) atoms. The zero-order valence-electron chi connectivity index (χ0n) is 22.3. The minimum atomic E-state index is -0.417. The van der Waals surface area contributed by atoms with Crippen molar-refractivity contribution < 1.29 is 23.8 Å². The van der Waals surface area contributed by atoms with Gasteiger partial charge in [-0.25, -0.2) is 0 Å². The molecule has 0 bridgehead atoms. The van der Waals surface area contributed by atoms with Crippen LogP contribution in [0, 0.1) is 0 Å². The number of methoxy groups -OCH3 is 2. The van der Waals surface area contributed by atoms with Crippen LogP contribution in [-0.2, 0) is 16.1 Å². The van der Waals surface area contributed by atoms with Crippen LogP contribution in [0.1, 0.15) is 29.3 Å². The van der Waals surface area contributed by atoms with Crippen molar-refractivity contribution in [2.45, 2.75) is 19.9 Å². The molecule has 1 aliphatic heterocycles. The van der Waals surface area contributed by atoms with Gasteiger partial charge >= 0.3 is 0 Å². The number of hydrogen-bond donors (Lipinski definition) is 2. The summed E-state index contributed by atoms with van der Waals surface area (Å²) in [4.78, 5) is 28.9. The number of para-hydroxylation sites is 1. The van der Waals surface area contributed by atoms with E-state index in [9.17, 15) is 9.59 Å². The summed E-state index contributed by atoms with van der Waals surface area (Å²) in [5.41, 5.74) is 2.45. The molecule has 2 N–H and O–H groups in total. The number of aryl methyl sites for hydroxylation is 1. The number of carbonyl (C=O) groups is 2. The largest absolute Gasteiger partial charge is 0.493 e. The predicted molar refractivity (Wildman–Crippen MR) is 147 cm³/mol. The summed E-state index contributed by atoms with van der Waals surface area (Å²) in [6, 6.07) is 12.9. The summed E-state index contributed by atoms with van der Waals surface area (Å²) in [5, 5.41) is 6.81. The Balaban J connectivity index is 1.55. The third-order valence-electron chi connectivity index (χ3n) is 6.64. The molecule has 2 aromatic carbocycles. The average molecular weight is 521 g/mol. The maximum Gasteiger partial charge on any atom is 0.267 e. The molecule has 1 aliphatic rings. The van der Waals surface area contributed by atoms with Crippen LogP contribution in [0.5, 0.6) is 11.5 Å². The van der Waals surface area contributed by atoms with E-state index in [4.69, 9.17) is 14.2 Å². The number of nitrogens with one attached hydrogen (secondary N) is 2. The van der Waals surface area contributed by atoms with Gasteiger partial charge in [-0.2, -0.15) is 0 Å². The van der Waals surface area contributed by atoms with E-state index >= 15 is 0 Å². The van der Waals surface area contributed by atoms with Crippen molar-refractivity contribution in [2.75, 3.05) is 53.6 Å². The Bertz CT molecular complexity index is 1290. The van der Waals surface area contributed by atoms with Crippen molar-refractivity contribution in [1.29, 1.82) is 0 Å². The second-order valence-electron chi connectivity index (χ2n) is 9.03. The van der Waals surface area contributed by atoms with Crippen LogP contribution in [0.3, 0.4) is 0 Å². The third-order valence-corrected chi connectivity index (χ3v) is 6.64. The summed E-state index contributed by atoms with van der Waals surface area (Å²) in [5.74, 6) is 0.198. The number of rotatable bonds is 11. The smallest absolute Gasteiger partial charge is 0.267 e. The van der Waals surface area contributed by atoms with Crippen LogP contribution in [0.4, 0.5) is 0 Å². The molecular weight excluding hydrogens is 484 g/mol. The molecule has 4 rings (SSSR count). The van der Waals surface area contributed by atoms with Crippen molar-refractivity contribution in [3.8, 4) is 11.5 Å². The number of ether oxygens (including phenoxy) is 3. The second-order valence-corrected chi connectivity index (χ2v) is 9.03. The van der Waals surface area contributed by atoms with Gasteiger partial charge in [0.15, 0.2) is 11.5 Å². The number of aromatic nitrogens is 1. The average Bonchev–Trinajstić information content (AvgIpc) is 3.32. The molecule has 0 aliphatic carbocycles. The molecule has 3 aromatic rings. The maximum absolute atomic E-state index is 13.3. The Labute approximate surface area is 223 Å². The topological polar surface area (TPSA) is 94.1 Å². The molecule has 0 radical (unpaired) electrons. The van der Waals surface area contributed by atoms with E-state index in [0.29, 0.717) is 23.6 Å². The molecule has 1 aromatic heterocycles. The fourth-order valence-electron chi connectivity index (χ4n) is 4.56. The molecule has 0 spiro atoms.